The van der Waals surface area contributed by atoms with Crippen LogP contribution in [0.3, 0.4) is 0 Å². The maximum absolute atomic E-state index is 13.7. The van der Waals surface area contributed by atoms with E-state index in [1.807, 2.05) is 0 Å². The van der Waals surface area contributed by atoms with Gasteiger partial charge in [0.1, 0.15) is 5.82 Å². The van der Waals surface area contributed by atoms with Crippen molar-refractivity contribution in [3.05, 3.63) is 82.8 Å². The van der Waals surface area contributed by atoms with Crippen molar-refractivity contribution in [2.75, 3.05) is 5.32 Å². The van der Waals surface area contributed by atoms with Gasteiger partial charge in [0.15, 0.2) is 5.82 Å². The standard InChI is InChI=1S/C20H17F4N3O/c1-2-13-7-8-14(16(11-13)20(22,23)24)12-27-10-9-18(26-27)25-19(28)15-5-3-4-6-17(15)21/h3-11H,2,12H2,1H3,(H,25,26,28). The van der Waals surface area contributed by atoms with Gasteiger partial charge in [0.25, 0.3) is 5.91 Å². The smallest absolute Gasteiger partial charge is 0.305 e. The van der Waals surface area contributed by atoms with Crippen LogP contribution in [0.15, 0.2) is 54.7 Å². The molecule has 0 aliphatic heterocycles. The van der Waals surface area contributed by atoms with Crippen molar-refractivity contribution in [1.29, 1.82) is 0 Å². The van der Waals surface area contributed by atoms with Crippen LogP contribution in [0, 0.1) is 5.82 Å². The van der Waals surface area contributed by atoms with Crippen LogP contribution >= 0.6 is 0 Å². The molecule has 28 heavy (non-hydrogen) atoms. The molecule has 4 nitrogen and oxygen atoms in total. The van der Waals surface area contributed by atoms with E-state index < -0.39 is 23.5 Å². The number of benzene rings is 2. The molecule has 0 atom stereocenters. The normalized spacial score (nSPS) is 11.5. The zero-order valence-electron chi connectivity index (χ0n) is 14.9. The highest BCUT2D eigenvalue weighted by atomic mass is 19.4. The van der Waals surface area contributed by atoms with E-state index >= 15 is 0 Å². The number of aryl methyl sites for hydroxylation is 1. The quantitative estimate of drug-likeness (QED) is 0.629. The number of rotatable bonds is 5. The van der Waals surface area contributed by atoms with Gasteiger partial charge in [0.2, 0.25) is 0 Å². The van der Waals surface area contributed by atoms with Gasteiger partial charge in [0, 0.05) is 12.3 Å². The highest BCUT2D eigenvalue weighted by Gasteiger charge is 2.33. The third kappa shape index (κ3) is 4.39. The van der Waals surface area contributed by atoms with E-state index in [4.69, 9.17) is 0 Å². The molecule has 0 aliphatic rings. The SMILES string of the molecule is CCc1ccc(Cn2ccc(NC(=O)c3ccccc3F)n2)c(C(F)(F)F)c1. The molecule has 0 saturated heterocycles. The number of nitrogens with zero attached hydrogens (tertiary/aromatic N) is 2. The summed E-state index contributed by atoms with van der Waals surface area (Å²) in [6, 6.07) is 11.1. The summed E-state index contributed by atoms with van der Waals surface area (Å²) in [7, 11) is 0. The Morgan fingerprint density at radius 2 is 1.89 bits per heavy atom. The number of alkyl halides is 3. The summed E-state index contributed by atoms with van der Waals surface area (Å²) in [4.78, 5) is 12.1. The van der Waals surface area contributed by atoms with Gasteiger partial charge in [-0.25, -0.2) is 4.39 Å². The van der Waals surface area contributed by atoms with E-state index in [1.165, 1.54) is 41.2 Å². The minimum atomic E-state index is -4.48. The molecular weight excluding hydrogens is 374 g/mol. The van der Waals surface area contributed by atoms with Gasteiger partial charge in [-0.1, -0.05) is 31.2 Å². The van der Waals surface area contributed by atoms with Gasteiger partial charge >= 0.3 is 6.18 Å². The molecule has 0 spiro atoms. The van der Waals surface area contributed by atoms with Crippen molar-refractivity contribution in [2.24, 2.45) is 0 Å². The summed E-state index contributed by atoms with van der Waals surface area (Å²) < 4.78 is 55.0. The second-order valence-corrected chi connectivity index (χ2v) is 6.18. The Balaban J connectivity index is 1.78. The second-order valence-electron chi connectivity index (χ2n) is 6.18. The molecule has 0 bridgehead atoms. The zero-order chi connectivity index (χ0) is 20.3. The van der Waals surface area contributed by atoms with Crippen LogP contribution < -0.4 is 5.32 Å². The summed E-state index contributed by atoms with van der Waals surface area (Å²) in [5, 5.41) is 6.50. The van der Waals surface area contributed by atoms with E-state index in [-0.39, 0.29) is 23.5 Å². The van der Waals surface area contributed by atoms with Crippen molar-refractivity contribution < 1.29 is 22.4 Å². The number of hydrogen-bond donors (Lipinski definition) is 1. The molecule has 1 amide bonds. The molecule has 3 aromatic rings. The summed E-state index contributed by atoms with van der Waals surface area (Å²) >= 11 is 0. The van der Waals surface area contributed by atoms with Gasteiger partial charge in [-0.2, -0.15) is 18.3 Å². The Hall–Kier alpha value is -3.16. The molecule has 1 heterocycles. The summed E-state index contributed by atoms with van der Waals surface area (Å²) in [5.41, 5.74) is -0.194. The Morgan fingerprint density at radius 1 is 1.14 bits per heavy atom. The Labute approximate surface area is 158 Å². The molecule has 0 unspecified atom stereocenters. The second kappa shape index (κ2) is 7.84. The van der Waals surface area contributed by atoms with Crippen molar-refractivity contribution in [2.45, 2.75) is 26.1 Å². The van der Waals surface area contributed by atoms with Crippen LogP contribution in [0.1, 0.15) is 34.0 Å². The molecule has 8 heteroatoms. The molecular formula is C20H17F4N3O. The Morgan fingerprint density at radius 3 is 2.57 bits per heavy atom. The van der Waals surface area contributed by atoms with Crippen LogP contribution in [-0.4, -0.2) is 15.7 Å². The van der Waals surface area contributed by atoms with Gasteiger partial charge in [-0.05, 0) is 35.7 Å². The lowest BCUT2D eigenvalue weighted by Crippen LogP contribution is -2.15. The van der Waals surface area contributed by atoms with E-state index in [0.29, 0.717) is 12.0 Å². The van der Waals surface area contributed by atoms with Crippen LogP contribution in [0.5, 0.6) is 0 Å². The molecule has 1 aromatic heterocycles. The minimum absolute atomic E-state index is 0.0692. The van der Waals surface area contributed by atoms with Gasteiger partial charge < -0.3 is 5.32 Å². The topological polar surface area (TPSA) is 46.9 Å². The zero-order valence-corrected chi connectivity index (χ0v) is 14.9. The van der Waals surface area contributed by atoms with Crippen molar-refractivity contribution in [1.82, 2.24) is 9.78 Å². The number of amides is 1. The summed E-state index contributed by atoms with van der Waals surface area (Å²) in [6.07, 6.45) is -2.53. The van der Waals surface area contributed by atoms with Crippen molar-refractivity contribution >= 4 is 11.7 Å². The van der Waals surface area contributed by atoms with Crippen molar-refractivity contribution in [3.8, 4) is 0 Å². The largest absolute Gasteiger partial charge is 0.416 e. The number of aromatic nitrogens is 2. The highest BCUT2D eigenvalue weighted by Crippen LogP contribution is 2.33. The number of hydrogen-bond acceptors (Lipinski definition) is 2. The number of nitrogens with one attached hydrogen (secondary N) is 1. The third-order valence-corrected chi connectivity index (χ3v) is 4.22. The first kappa shape index (κ1) is 19.6. The number of anilines is 1. The molecule has 0 saturated carbocycles. The third-order valence-electron chi connectivity index (χ3n) is 4.22. The molecule has 146 valence electrons. The van der Waals surface area contributed by atoms with E-state index in [0.717, 1.165) is 12.1 Å². The predicted octanol–water partition coefficient (Wildman–Crippen LogP) is 4.90. The predicted molar refractivity (Wildman–Crippen MR) is 96.5 cm³/mol. The summed E-state index contributed by atoms with van der Waals surface area (Å²) in [5.74, 6) is -1.25. The van der Waals surface area contributed by atoms with Gasteiger partial charge in [-0.3, -0.25) is 9.48 Å². The maximum Gasteiger partial charge on any atom is 0.416 e. The molecule has 3 rings (SSSR count). The fourth-order valence-corrected chi connectivity index (χ4v) is 2.77. The highest BCUT2D eigenvalue weighted by molar-refractivity contribution is 6.03. The monoisotopic (exact) mass is 391 g/mol. The maximum atomic E-state index is 13.7. The molecule has 0 aliphatic carbocycles. The number of halogens is 4. The van der Waals surface area contributed by atoms with Crippen LogP contribution in [-0.2, 0) is 19.1 Å². The van der Waals surface area contributed by atoms with Crippen LogP contribution in [0.2, 0.25) is 0 Å². The minimum Gasteiger partial charge on any atom is -0.305 e. The fraction of sp³-hybridized carbons (Fsp3) is 0.200. The van der Waals surface area contributed by atoms with Gasteiger partial charge in [-0.15, -0.1) is 0 Å². The van der Waals surface area contributed by atoms with Gasteiger partial charge in [0.05, 0.1) is 17.7 Å². The first-order chi connectivity index (χ1) is 13.3. The van der Waals surface area contributed by atoms with Crippen LogP contribution in [0.4, 0.5) is 23.4 Å². The molecule has 2 aromatic carbocycles. The lowest BCUT2D eigenvalue weighted by Gasteiger charge is -2.14. The molecule has 1 N–H and O–H groups in total. The fourth-order valence-electron chi connectivity index (χ4n) is 2.77. The van der Waals surface area contributed by atoms with E-state index in [1.54, 1.807) is 13.0 Å². The Bertz CT molecular complexity index is 995. The summed E-state index contributed by atoms with van der Waals surface area (Å²) in [6.45, 7) is 1.67. The Kier molecular flexibility index (Phi) is 5.48. The van der Waals surface area contributed by atoms with E-state index in [9.17, 15) is 22.4 Å². The molecule has 0 radical (unpaired) electrons. The first-order valence-corrected chi connectivity index (χ1v) is 8.56. The van der Waals surface area contributed by atoms with E-state index in [2.05, 4.69) is 10.4 Å². The average Bonchev–Trinajstić information content (AvgIpc) is 3.08. The number of carbonyl (C=O) groups is 1. The lowest BCUT2D eigenvalue weighted by molar-refractivity contribution is -0.138. The van der Waals surface area contributed by atoms with Crippen LogP contribution in [0.25, 0.3) is 0 Å². The van der Waals surface area contributed by atoms with Crippen molar-refractivity contribution in [3.63, 3.8) is 0 Å². The molecule has 0 fully saturated rings. The number of carbonyl (C=O) groups excluding carboxylic acids is 1. The first-order valence-electron chi connectivity index (χ1n) is 8.56. The lowest BCUT2D eigenvalue weighted by atomic mass is 10.0. The average molecular weight is 391 g/mol.